The number of rotatable bonds is 5. The highest BCUT2D eigenvalue weighted by atomic mass is 79.9. The summed E-state index contributed by atoms with van der Waals surface area (Å²) in [4.78, 5) is 0. The Bertz CT molecular complexity index is 573. The van der Waals surface area contributed by atoms with Gasteiger partial charge in [0.25, 0.3) is 0 Å². The average molecular weight is 355 g/mol. The van der Waals surface area contributed by atoms with Crippen LogP contribution in [0.1, 0.15) is 12.5 Å². The van der Waals surface area contributed by atoms with E-state index in [2.05, 4.69) is 21.2 Å². The third kappa shape index (κ3) is 4.23. The van der Waals surface area contributed by atoms with Crippen LogP contribution in [0.15, 0.2) is 53.0 Å². The molecule has 0 radical (unpaired) electrons. The van der Waals surface area contributed by atoms with E-state index in [0.717, 1.165) is 20.7 Å². The summed E-state index contributed by atoms with van der Waals surface area (Å²) in [6, 6.07) is 15.6. The van der Waals surface area contributed by atoms with Crippen molar-refractivity contribution in [2.24, 2.45) is 0 Å². The maximum absolute atomic E-state index is 9.73. The largest absolute Gasteiger partial charge is 0.394 e. The lowest BCUT2D eigenvalue weighted by molar-refractivity contribution is 0.222. The van der Waals surface area contributed by atoms with Gasteiger partial charge in [0, 0.05) is 15.2 Å². The first-order chi connectivity index (χ1) is 9.50. The van der Waals surface area contributed by atoms with Crippen molar-refractivity contribution in [1.29, 1.82) is 0 Å². The molecule has 20 heavy (non-hydrogen) atoms. The Labute approximate surface area is 132 Å². The first-order valence-electron chi connectivity index (χ1n) is 6.40. The van der Waals surface area contributed by atoms with Crippen LogP contribution in [0.5, 0.6) is 0 Å². The molecule has 0 amide bonds. The van der Waals surface area contributed by atoms with Crippen LogP contribution in [-0.2, 0) is 6.42 Å². The highest BCUT2D eigenvalue weighted by molar-refractivity contribution is 9.10. The first-order valence-corrected chi connectivity index (χ1v) is 7.57. The van der Waals surface area contributed by atoms with E-state index >= 15 is 0 Å². The topological polar surface area (TPSA) is 32.3 Å². The summed E-state index contributed by atoms with van der Waals surface area (Å²) >= 11 is 9.34. The van der Waals surface area contributed by atoms with E-state index < -0.39 is 5.54 Å². The van der Waals surface area contributed by atoms with E-state index in [-0.39, 0.29) is 6.61 Å². The fraction of sp³-hybridized carbons (Fsp3) is 0.250. The zero-order valence-corrected chi connectivity index (χ0v) is 13.6. The highest BCUT2D eigenvalue weighted by Gasteiger charge is 2.23. The maximum Gasteiger partial charge on any atom is 0.0662 e. The highest BCUT2D eigenvalue weighted by Crippen LogP contribution is 2.23. The third-order valence-corrected chi connectivity index (χ3v) is 3.87. The zero-order chi connectivity index (χ0) is 14.6. The molecule has 4 heteroatoms. The van der Waals surface area contributed by atoms with Gasteiger partial charge in [-0.1, -0.05) is 45.7 Å². The molecule has 0 heterocycles. The number of hydrogen-bond donors (Lipinski definition) is 2. The second-order valence-corrected chi connectivity index (χ2v) is 6.51. The first kappa shape index (κ1) is 15.4. The molecule has 2 N–H and O–H groups in total. The molecule has 1 atom stereocenters. The Morgan fingerprint density at radius 3 is 2.50 bits per heavy atom. The Kier molecular flexibility index (Phi) is 5.08. The molecule has 0 aliphatic rings. The molecule has 1 unspecified atom stereocenters. The molecule has 0 aromatic heterocycles. The molecule has 2 rings (SSSR count). The number of benzene rings is 2. The van der Waals surface area contributed by atoms with Crippen molar-refractivity contribution in [3.8, 4) is 0 Å². The summed E-state index contributed by atoms with van der Waals surface area (Å²) in [5, 5.41) is 13.8. The molecule has 0 aliphatic carbocycles. The van der Waals surface area contributed by atoms with Crippen LogP contribution in [0.3, 0.4) is 0 Å². The molecule has 0 fully saturated rings. The van der Waals surface area contributed by atoms with Crippen LogP contribution in [0.2, 0.25) is 5.02 Å². The van der Waals surface area contributed by atoms with Gasteiger partial charge in [0.15, 0.2) is 0 Å². The van der Waals surface area contributed by atoms with Crippen molar-refractivity contribution in [3.05, 3.63) is 63.6 Å². The number of aliphatic hydroxyl groups is 1. The summed E-state index contributed by atoms with van der Waals surface area (Å²) in [6.45, 7) is 2.05. The van der Waals surface area contributed by atoms with Crippen molar-refractivity contribution in [1.82, 2.24) is 0 Å². The Morgan fingerprint density at radius 2 is 1.90 bits per heavy atom. The minimum absolute atomic E-state index is 0.0438. The van der Waals surface area contributed by atoms with Crippen molar-refractivity contribution in [3.63, 3.8) is 0 Å². The van der Waals surface area contributed by atoms with Gasteiger partial charge in [-0.3, -0.25) is 0 Å². The Hall–Kier alpha value is -1.03. The summed E-state index contributed by atoms with van der Waals surface area (Å²) < 4.78 is 1.01. The lowest BCUT2D eigenvalue weighted by atomic mass is 9.93. The minimum Gasteiger partial charge on any atom is -0.394 e. The predicted molar refractivity (Wildman–Crippen MR) is 88.4 cm³/mol. The van der Waals surface area contributed by atoms with Gasteiger partial charge in [0.1, 0.15) is 0 Å². The van der Waals surface area contributed by atoms with Crippen LogP contribution in [0, 0.1) is 0 Å². The predicted octanol–water partition coefficient (Wildman–Crippen LogP) is 4.51. The maximum atomic E-state index is 9.73. The Balaban J connectivity index is 2.14. The van der Waals surface area contributed by atoms with E-state index in [1.165, 1.54) is 0 Å². The fourth-order valence-corrected chi connectivity index (χ4v) is 2.63. The number of halogens is 2. The molecule has 0 saturated heterocycles. The lowest BCUT2D eigenvalue weighted by Gasteiger charge is -2.30. The van der Waals surface area contributed by atoms with Crippen molar-refractivity contribution >= 4 is 33.2 Å². The van der Waals surface area contributed by atoms with Crippen LogP contribution >= 0.6 is 27.5 Å². The minimum atomic E-state index is -0.422. The van der Waals surface area contributed by atoms with Crippen molar-refractivity contribution in [2.75, 3.05) is 11.9 Å². The van der Waals surface area contributed by atoms with E-state index in [1.807, 2.05) is 55.5 Å². The SMILES string of the molecule is CC(CO)(Cc1ccc(Cl)cc1)Nc1cccc(Br)c1. The van der Waals surface area contributed by atoms with Crippen molar-refractivity contribution in [2.45, 2.75) is 18.9 Å². The van der Waals surface area contributed by atoms with Crippen LogP contribution in [0.25, 0.3) is 0 Å². The van der Waals surface area contributed by atoms with Gasteiger partial charge < -0.3 is 10.4 Å². The average Bonchev–Trinajstić information content (AvgIpc) is 2.41. The van der Waals surface area contributed by atoms with E-state index in [9.17, 15) is 5.11 Å². The normalized spacial score (nSPS) is 13.8. The van der Waals surface area contributed by atoms with Crippen molar-refractivity contribution < 1.29 is 5.11 Å². The van der Waals surface area contributed by atoms with E-state index in [1.54, 1.807) is 0 Å². The summed E-state index contributed by atoms with van der Waals surface area (Å²) in [7, 11) is 0. The van der Waals surface area contributed by atoms with Crippen LogP contribution in [-0.4, -0.2) is 17.3 Å². The summed E-state index contributed by atoms with van der Waals surface area (Å²) in [5.41, 5.74) is 1.69. The monoisotopic (exact) mass is 353 g/mol. The second kappa shape index (κ2) is 6.61. The van der Waals surface area contributed by atoms with Gasteiger partial charge in [-0.2, -0.15) is 0 Å². The smallest absolute Gasteiger partial charge is 0.0662 e. The van der Waals surface area contributed by atoms with Gasteiger partial charge >= 0.3 is 0 Å². The zero-order valence-electron chi connectivity index (χ0n) is 11.2. The molecule has 2 nitrogen and oxygen atoms in total. The fourth-order valence-electron chi connectivity index (χ4n) is 2.11. The third-order valence-electron chi connectivity index (χ3n) is 3.13. The van der Waals surface area contributed by atoms with E-state index in [4.69, 9.17) is 11.6 Å². The van der Waals surface area contributed by atoms with E-state index in [0.29, 0.717) is 6.42 Å². The number of hydrogen-bond acceptors (Lipinski definition) is 2. The Morgan fingerprint density at radius 1 is 1.20 bits per heavy atom. The van der Waals surface area contributed by atoms with Crippen LogP contribution < -0.4 is 5.32 Å². The molecular weight excluding hydrogens is 338 g/mol. The quantitative estimate of drug-likeness (QED) is 0.828. The molecule has 0 spiro atoms. The number of anilines is 1. The second-order valence-electron chi connectivity index (χ2n) is 5.16. The molecule has 0 saturated carbocycles. The molecule has 2 aromatic rings. The summed E-state index contributed by atoms with van der Waals surface area (Å²) in [6.07, 6.45) is 0.715. The van der Waals surface area contributed by atoms with Gasteiger partial charge in [0.05, 0.1) is 12.1 Å². The van der Waals surface area contributed by atoms with Gasteiger partial charge in [0.2, 0.25) is 0 Å². The molecule has 0 bridgehead atoms. The summed E-state index contributed by atoms with van der Waals surface area (Å²) in [5.74, 6) is 0. The van der Waals surface area contributed by atoms with Gasteiger partial charge in [-0.15, -0.1) is 0 Å². The van der Waals surface area contributed by atoms with Crippen LogP contribution in [0.4, 0.5) is 5.69 Å². The number of aliphatic hydroxyl groups excluding tert-OH is 1. The molecule has 0 aliphatic heterocycles. The molecular formula is C16H17BrClNO. The molecule has 106 valence electrons. The van der Waals surface area contributed by atoms with Gasteiger partial charge in [-0.05, 0) is 49.2 Å². The standard InChI is InChI=1S/C16H17BrClNO/c1-16(11-20,10-12-5-7-14(18)8-6-12)19-15-4-2-3-13(17)9-15/h2-9,19-20H,10-11H2,1H3. The number of nitrogens with one attached hydrogen (secondary N) is 1. The lowest BCUT2D eigenvalue weighted by Crippen LogP contribution is -2.41. The van der Waals surface area contributed by atoms with Gasteiger partial charge in [-0.25, -0.2) is 0 Å². The molecule has 2 aromatic carbocycles.